The SMILES string of the molecule is O=C(O)c1ccccc1N=NC(Cl)C(=O)O. The van der Waals surface area contributed by atoms with Gasteiger partial charge in [-0.15, -0.1) is 0 Å². The molecule has 84 valence electrons. The molecule has 0 aromatic heterocycles. The maximum absolute atomic E-state index is 10.7. The van der Waals surface area contributed by atoms with Crippen molar-refractivity contribution in [1.82, 2.24) is 0 Å². The van der Waals surface area contributed by atoms with Gasteiger partial charge in [0.2, 0.25) is 5.50 Å². The first-order valence-corrected chi connectivity index (χ1v) is 4.56. The second kappa shape index (κ2) is 5.22. The predicted molar refractivity (Wildman–Crippen MR) is 55.2 cm³/mol. The fraction of sp³-hybridized carbons (Fsp3) is 0.111. The number of aliphatic carboxylic acids is 1. The Kier molecular flexibility index (Phi) is 3.96. The topological polar surface area (TPSA) is 99.3 Å². The van der Waals surface area contributed by atoms with Crippen molar-refractivity contribution in [2.75, 3.05) is 0 Å². The molecule has 0 spiro atoms. The largest absolute Gasteiger partial charge is 0.479 e. The number of nitrogens with zero attached hydrogens (tertiary/aromatic N) is 2. The molecule has 0 aliphatic heterocycles. The van der Waals surface area contributed by atoms with Crippen LogP contribution in [0, 0.1) is 0 Å². The lowest BCUT2D eigenvalue weighted by Crippen LogP contribution is -2.08. The first-order chi connectivity index (χ1) is 7.52. The van der Waals surface area contributed by atoms with Crippen LogP contribution in [0.25, 0.3) is 0 Å². The Morgan fingerprint density at radius 2 is 1.88 bits per heavy atom. The van der Waals surface area contributed by atoms with Gasteiger partial charge < -0.3 is 10.2 Å². The second-order valence-corrected chi connectivity index (χ2v) is 3.13. The van der Waals surface area contributed by atoms with Gasteiger partial charge >= 0.3 is 11.9 Å². The Balaban J connectivity index is 2.97. The number of benzene rings is 1. The number of carboxylic acid groups (broad SMARTS) is 2. The maximum atomic E-state index is 10.7. The van der Waals surface area contributed by atoms with Crippen LogP contribution in [0.2, 0.25) is 0 Å². The molecule has 0 saturated carbocycles. The van der Waals surface area contributed by atoms with E-state index in [2.05, 4.69) is 10.2 Å². The Morgan fingerprint density at radius 1 is 1.25 bits per heavy atom. The summed E-state index contributed by atoms with van der Waals surface area (Å²) in [5, 5.41) is 24.0. The van der Waals surface area contributed by atoms with E-state index in [1.807, 2.05) is 0 Å². The molecule has 0 fully saturated rings. The van der Waals surface area contributed by atoms with Crippen LogP contribution in [0.5, 0.6) is 0 Å². The predicted octanol–water partition coefficient (Wildman–Crippen LogP) is 2.12. The molecule has 1 aromatic carbocycles. The van der Waals surface area contributed by atoms with Gasteiger partial charge in [0.15, 0.2) is 0 Å². The number of carbonyl (C=O) groups is 2. The zero-order valence-electron chi connectivity index (χ0n) is 7.87. The number of hydrogen-bond donors (Lipinski definition) is 2. The molecule has 0 saturated heterocycles. The Hall–Kier alpha value is -1.95. The van der Waals surface area contributed by atoms with E-state index in [9.17, 15) is 9.59 Å². The minimum Gasteiger partial charge on any atom is -0.479 e. The highest BCUT2D eigenvalue weighted by Crippen LogP contribution is 2.19. The van der Waals surface area contributed by atoms with Gasteiger partial charge in [0.05, 0.1) is 11.3 Å². The molecule has 1 atom stereocenters. The van der Waals surface area contributed by atoms with E-state index in [1.165, 1.54) is 18.2 Å². The Labute approximate surface area is 95.2 Å². The van der Waals surface area contributed by atoms with Crippen molar-refractivity contribution in [3.63, 3.8) is 0 Å². The maximum Gasteiger partial charge on any atom is 0.345 e. The van der Waals surface area contributed by atoms with Crippen molar-refractivity contribution >= 4 is 29.2 Å². The zero-order chi connectivity index (χ0) is 12.1. The van der Waals surface area contributed by atoms with Crippen molar-refractivity contribution in [2.24, 2.45) is 10.2 Å². The average Bonchev–Trinajstić information content (AvgIpc) is 2.25. The molecule has 0 radical (unpaired) electrons. The summed E-state index contributed by atoms with van der Waals surface area (Å²) in [4.78, 5) is 21.1. The van der Waals surface area contributed by atoms with E-state index in [0.717, 1.165) is 0 Å². The van der Waals surface area contributed by atoms with Crippen LogP contribution in [0.1, 0.15) is 10.4 Å². The van der Waals surface area contributed by atoms with Crippen LogP contribution in [0.4, 0.5) is 5.69 Å². The summed E-state index contributed by atoms with van der Waals surface area (Å²) in [6, 6.07) is 5.82. The number of rotatable bonds is 4. The first kappa shape index (κ1) is 12.1. The zero-order valence-corrected chi connectivity index (χ0v) is 8.63. The van der Waals surface area contributed by atoms with E-state index in [0.29, 0.717) is 0 Å². The summed E-state index contributed by atoms with van der Waals surface area (Å²) in [7, 11) is 0. The third-order valence-corrected chi connectivity index (χ3v) is 1.88. The van der Waals surface area contributed by atoms with Crippen molar-refractivity contribution in [3.05, 3.63) is 29.8 Å². The van der Waals surface area contributed by atoms with Gasteiger partial charge in [-0.3, -0.25) is 0 Å². The molecule has 1 aromatic rings. The monoisotopic (exact) mass is 242 g/mol. The smallest absolute Gasteiger partial charge is 0.345 e. The van der Waals surface area contributed by atoms with Crippen molar-refractivity contribution < 1.29 is 19.8 Å². The van der Waals surface area contributed by atoms with Crippen LogP contribution in [0.15, 0.2) is 34.5 Å². The molecule has 0 bridgehead atoms. The highest BCUT2D eigenvalue weighted by Gasteiger charge is 2.13. The lowest BCUT2D eigenvalue weighted by molar-refractivity contribution is -0.136. The fourth-order valence-electron chi connectivity index (χ4n) is 0.904. The summed E-state index contributed by atoms with van der Waals surface area (Å²) in [5.41, 5.74) is -1.54. The first-order valence-electron chi connectivity index (χ1n) is 4.12. The Morgan fingerprint density at radius 3 is 2.44 bits per heavy atom. The highest BCUT2D eigenvalue weighted by molar-refractivity contribution is 6.29. The van der Waals surface area contributed by atoms with E-state index < -0.39 is 17.4 Å². The fourth-order valence-corrected chi connectivity index (χ4v) is 0.948. The summed E-state index contributed by atoms with van der Waals surface area (Å²) in [5.74, 6) is -2.52. The molecule has 0 aliphatic carbocycles. The van der Waals surface area contributed by atoms with Crippen molar-refractivity contribution in [2.45, 2.75) is 5.50 Å². The van der Waals surface area contributed by atoms with E-state index in [4.69, 9.17) is 21.8 Å². The van der Waals surface area contributed by atoms with Gasteiger partial charge in [-0.05, 0) is 12.1 Å². The molecule has 0 aliphatic rings. The second-order valence-electron chi connectivity index (χ2n) is 2.71. The standard InChI is InChI=1S/C9H7ClN2O4/c10-7(9(15)16)12-11-6-4-2-1-3-5(6)8(13)14/h1-4,7H,(H,13,14)(H,15,16). The van der Waals surface area contributed by atoms with Crippen LogP contribution >= 0.6 is 11.6 Å². The van der Waals surface area contributed by atoms with Crippen molar-refractivity contribution in [1.29, 1.82) is 0 Å². The average molecular weight is 243 g/mol. The van der Waals surface area contributed by atoms with Gasteiger partial charge in [0.25, 0.3) is 0 Å². The summed E-state index contributed by atoms with van der Waals surface area (Å²) in [6.07, 6.45) is 0. The molecule has 2 N–H and O–H groups in total. The molecule has 1 unspecified atom stereocenters. The van der Waals surface area contributed by atoms with E-state index >= 15 is 0 Å². The number of aromatic carboxylic acids is 1. The minimum atomic E-state index is -1.53. The lowest BCUT2D eigenvalue weighted by Gasteiger charge is -1.99. The quantitative estimate of drug-likeness (QED) is 0.480. The molecule has 16 heavy (non-hydrogen) atoms. The molecular formula is C9H7ClN2O4. The number of azo groups is 1. The van der Waals surface area contributed by atoms with Gasteiger partial charge in [0, 0.05) is 0 Å². The third-order valence-electron chi connectivity index (χ3n) is 1.61. The molecular weight excluding hydrogens is 236 g/mol. The Bertz CT molecular complexity index is 447. The number of carboxylic acids is 2. The lowest BCUT2D eigenvalue weighted by atomic mass is 10.2. The molecule has 6 nitrogen and oxygen atoms in total. The van der Waals surface area contributed by atoms with Crippen LogP contribution in [-0.2, 0) is 4.79 Å². The molecule has 0 amide bonds. The molecule has 7 heteroatoms. The third kappa shape index (κ3) is 3.03. The van der Waals surface area contributed by atoms with Gasteiger partial charge in [-0.1, -0.05) is 23.7 Å². The van der Waals surface area contributed by atoms with Crippen LogP contribution in [0.3, 0.4) is 0 Å². The van der Waals surface area contributed by atoms with E-state index in [1.54, 1.807) is 6.07 Å². The summed E-state index contributed by atoms with van der Waals surface area (Å²) >= 11 is 5.29. The highest BCUT2D eigenvalue weighted by atomic mass is 35.5. The molecule has 1 rings (SSSR count). The summed E-state index contributed by atoms with van der Waals surface area (Å²) in [6.45, 7) is 0. The van der Waals surface area contributed by atoms with Crippen LogP contribution in [-0.4, -0.2) is 27.7 Å². The minimum absolute atomic E-state index is 0.0573. The van der Waals surface area contributed by atoms with Crippen molar-refractivity contribution in [3.8, 4) is 0 Å². The summed E-state index contributed by atoms with van der Waals surface area (Å²) < 4.78 is 0. The normalized spacial score (nSPS) is 12.6. The molecule has 0 heterocycles. The van der Waals surface area contributed by atoms with E-state index in [-0.39, 0.29) is 11.3 Å². The van der Waals surface area contributed by atoms with Crippen LogP contribution < -0.4 is 0 Å². The number of alkyl halides is 1. The number of hydrogen-bond acceptors (Lipinski definition) is 4. The van der Waals surface area contributed by atoms with Gasteiger partial charge in [-0.2, -0.15) is 10.2 Å². The van der Waals surface area contributed by atoms with Gasteiger partial charge in [0.1, 0.15) is 0 Å². The van der Waals surface area contributed by atoms with Gasteiger partial charge in [-0.25, -0.2) is 9.59 Å². The number of halogens is 1.